The van der Waals surface area contributed by atoms with E-state index in [2.05, 4.69) is 41.3 Å². The van der Waals surface area contributed by atoms with Gasteiger partial charge in [-0.05, 0) is 40.2 Å². The predicted octanol–water partition coefficient (Wildman–Crippen LogP) is 3.92. The summed E-state index contributed by atoms with van der Waals surface area (Å²) in [5, 5.41) is 5.84. The van der Waals surface area contributed by atoms with Gasteiger partial charge in [-0.3, -0.25) is 0 Å². The summed E-state index contributed by atoms with van der Waals surface area (Å²) >= 11 is 3.33. The highest BCUT2D eigenvalue weighted by Crippen LogP contribution is 2.30. The lowest BCUT2D eigenvalue weighted by molar-refractivity contribution is -0.274. The van der Waals surface area contributed by atoms with E-state index in [1.807, 2.05) is 0 Å². The molecule has 0 radical (unpaired) electrons. The summed E-state index contributed by atoms with van der Waals surface area (Å²) in [5.41, 5.74) is 0.561. The summed E-state index contributed by atoms with van der Waals surface area (Å²) in [7, 11) is 1.71. The molecular weight excluding hydrogens is 353 g/mol. The van der Waals surface area contributed by atoms with E-state index in [1.54, 1.807) is 7.05 Å². The second kappa shape index (κ2) is 6.17. The average molecular weight is 363 g/mol. The van der Waals surface area contributed by atoms with Gasteiger partial charge in [0.25, 0.3) is 0 Å². The molecule has 0 unspecified atom stereocenters. The zero-order chi connectivity index (χ0) is 15.5. The summed E-state index contributed by atoms with van der Waals surface area (Å²) in [6.45, 7) is 0. The number of rotatable bonds is 4. The second-order valence-corrected chi connectivity index (χ2v) is 4.63. The number of anilines is 3. The van der Waals surface area contributed by atoms with Crippen molar-refractivity contribution in [3.8, 4) is 5.75 Å². The first-order valence-electron chi connectivity index (χ1n) is 5.70. The fourth-order valence-corrected chi connectivity index (χ4v) is 2.01. The lowest BCUT2D eigenvalue weighted by Gasteiger charge is -2.11. The Labute approximate surface area is 126 Å². The summed E-state index contributed by atoms with van der Waals surface area (Å²) in [5.74, 6) is 0.786. The molecule has 1 heterocycles. The van der Waals surface area contributed by atoms with E-state index >= 15 is 0 Å². The monoisotopic (exact) mass is 362 g/mol. The molecule has 0 aliphatic heterocycles. The number of halogens is 4. The van der Waals surface area contributed by atoms with Crippen LogP contribution in [-0.4, -0.2) is 23.4 Å². The van der Waals surface area contributed by atoms with Gasteiger partial charge in [-0.15, -0.1) is 13.2 Å². The highest BCUT2D eigenvalue weighted by molar-refractivity contribution is 9.10. The zero-order valence-electron chi connectivity index (χ0n) is 10.7. The van der Waals surface area contributed by atoms with Crippen molar-refractivity contribution in [2.24, 2.45) is 0 Å². The van der Waals surface area contributed by atoms with Crippen LogP contribution in [0.25, 0.3) is 0 Å². The first-order chi connectivity index (χ1) is 9.89. The lowest BCUT2D eigenvalue weighted by Crippen LogP contribution is -2.16. The molecule has 5 nitrogen and oxygen atoms in total. The first-order valence-corrected chi connectivity index (χ1v) is 6.49. The largest absolute Gasteiger partial charge is 0.573 e. The van der Waals surface area contributed by atoms with Crippen LogP contribution in [0.2, 0.25) is 0 Å². The Morgan fingerprint density at radius 1 is 1.10 bits per heavy atom. The molecule has 0 amide bonds. The normalized spacial score (nSPS) is 11.1. The third kappa shape index (κ3) is 4.22. The molecule has 0 aliphatic carbocycles. The van der Waals surface area contributed by atoms with Gasteiger partial charge in [0.15, 0.2) is 0 Å². The Morgan fingerprint density at radius 3 is 2.29 bits per heavy atom. The van der Waals surface area contributed by atoms with Crippen molar-refractivity contribution in [1.82, 2.24) is 9.97 Å². The van der Waals surface area contributed by atoms with Gasteiger partial charge in [0.1, 0.15) is 28.2 Å². The molecule has 21 heavy (non-hydrogen) atoms. The highest BCUT2D eigenvalue weighted by atomic mass is 79.9. The smallest absolute Gasteiger partial charge is 0.406 e. The molecule has 0 saturated heterocycles. The summed E-state index contributed by atoms with van der Waals surface area (Å²) in [6, 6.07) is 5.33. The molecule has 0 bridgehead atoms. The number of hydrogen-bond donors (Lipinski definition) is 2. The minimum Gasteiger partial charge on any atom is -0.406 e. The number of ether oxygens (including phenoxy) is 1. The van der Waals surface area contributed by atoms with Crippen molar-refractivity contribution in [1.29, 1.82) is 0 Å². The van der Waals surface area contributed by atoms with Crippen molar-refractivity contribution >= 4 is 33.3 Å². The highest BCUT2D eigenvalue weighted by Gasteiger charge is 2.30. The van der Waals surface area contributed by atoms with Gasteiger partial charge in [-0.25, -0.2) is 9.97 Å². The standard InChI is InChI=1S/C12H10BrF3N4O/c1-17-10-9(13)11(19-6-18-10)20-7-2-4-8(5-3-7)21-12(14,15)16/h2-6H,1H3,(H2,17,18,19,20). The van der Waals surface area contributed by atoms with Gasteiger partial charge in [0.2, 0.25) is 0 Å². The van der Waals surface area contributed by atoms with E-state index < -0.39 is 6.36 Å². The van der Waals surface area contributed by atoms with Gasteiger partial charge in [0.05, 0.1) is 0 Å². The summed E-state index contributed by atoms with van der Waals surface area (Å²) in [4.78, 5) is 8.04. The maximum absolute atomic E-state index is 12.1. The molecule has 0 aliphatic rings. The zero-order valence-corrected chi connectivity index (χ0v) is 12.3. The van der Waals surface area contributed by atoms with E-state index in [-0.39, 0.29) is 5.75 Å². The third-order valence-corrected chi connectivity index (χ3v) is 3.13. The molecule has 0 fully saturated rings. The van der Waals surface area contributed by atoms with Crippen LogP contribution >= 0.6 is 15.9 Å². The molecule has 2 aromatic rings. The van der Waals surface area contributed by atoms with Crippen LogP contribution in [0.4, 0.5) is 30.5 Å². The summed E-state index contributed by atoms with van der Waals surface area (Å²) < 4.78 is 40.6. The SMILES string of the molecule is CNc1ncnc(Nc2ccc(OC(F)(F)F)cc2)c1Br. The Balaban J connectivity index is 2.14. The Bertz CT molecular complexity index is 619. The van der Waals surface area contributed by atoms with Crippen LogP contribution in [0.5, 0.6) is 5.75 Å². The van der Waals surface area contributed by atoms with E-state index in [9.17, 15) is 13.2 Å². The fourth-order valence-electron chi connectivity index (χ4n) is 1.51. The number of benzene rings is 1. The minimum absolute atomic E-state index is 0.286. The van der Waals surface area contributed by atoms with Crippen molar-refractivity contribution in [2.45, 2.75) is 6.36 Å². The minimum atomic E-state index is -4.70. The topological polar surface area (TPSA) is 59.1 Å². The Hall–Kier alpha value is -2.03. The van der Waals surface area contributed by atoms with Crippen molar-refractivity contribution in [3.05, 3.63) is 35.1 Å². The number of nitrogens with one attached hydrogen (secondary N) is 2. The van der Waals surface area contributed by atoms with Crippen molar-refractivity contribution < 1.29 is 17.9 Å². The molecule has 1 aromatic heterocycles. The third-order valence-electron chi connectivity index (χ3n) is 2.38. The lowest BCUT2D eigenvalue weighted by atomic mass is 10.3. The maximum Gasteiger partial charge on any atom is 0.573 e. The molecular formula is C12H10BrF3N4O. The van der Waals surface area contributed by atoms with E-state index in [0.717, 1.165) is 0 Å². The molecule has 9 heteroatoms. The van der Waals surface area contributed by atoms with Crippen molar-refractivity contribution in [2.75, 3.05) is 17.7 Å². The van der Waals surface area contributed by atoms with E-state index in [0.29, 0.717) is 21.8 Å². The summed E-state index contributed by atoms with van der Waals surface area (Å²) in [6.07, 6.45) is -3.34. The van der Waals surface area contributed by atoms with Crippen LogP contribution in [0.1, 0.15) is 0 Å². The number of nitrogens with zero attached hydrogens (tertiary/aromatic N) is 2. The van der Waals surface area contributed by atoms with Gasteiger partial charge in [0, 0.05) is 12.7 Å². The second-order valence-electron chi connectivity index (χ2n) is 3.83. The average Bonchev–Trinajstić information content (AvgIpc) is 2.42. The van der Waals surface area contributed by atoms with Gasteiger partial charge in [-0.2, -0.15) is 0 Å². The molecule has 1 aromatic carbocycles. The molecule has 2 rings (SSSR count). The number of hydrogen-bond acceptors (Lipinski definition) is 5. The number of alkyl halides is 3. The molecule has 0 saturated carbocycles. The van der Waals surface area contributed by atoms with Crippen molar-refractivity contribution in [3.63, 3.8) is 0 Å². The Morgan fingerprint density at radius 2 is 1.71 bits per heavy atom. The molecule has 2 N–H and O–H groups in total. The maximum atomic E-state index is 12.1. The molecule has 0 spiro atoms. The van der Waals surface area contributed by atoms with Gasteiger partial charge < -0.3 is 15.4 Å². The first kappa shape index (κ1) is 15.4. The van der Waals surface area contributed by atoms with Crippen LogP contribution in [0, 0.1) is 0 Å². The predicted molar refractivity (Wildman–Crippen MR) is 75.7 cm³/mol. The van der Waals surface area contributed by atoms with Gasteiger partial charge >= 0.3 is 6.36 Å². The number of aromatic nitrogens is 2. The van der Waals surface area contributed by atoms with Gasteiger partial charge in [-0.1, -0.05) is 0 Å². The molecule has 112 valence electrons. The fraction of sp³-hybridized carbons (Fsp3) is 0.167. The van der Waals surface area contributed by atoms with Crippen LogP contribution in [-0.2, 0) is 0 Å². The van der Waals surface area contributed by atoms with Crippen LogP contribution < -0.4 is 15.4 Å². The van der Waals surface area contributed by atoms with E-state index in [1.165, 1.54) is 30.6 Å². The van der Waals surface area contributed by atoms with Crippen LogP contribution in [0.3, 0.4) is 0 Å². The van der Waals surface area contributed by atoms with E-state index in [4.69, 9.17) is 0 Å². The quantitative estimate of drug-likeness (QED) is 0.862. The molecule has 0 atom stereocenters. The van der Waals surface area contributed by atoms with Crippen LogP contribution in [0.15, 0.2) is 35.1 Å². The Kier molecular flexibility index (Phi) is 4.51.